The predicted octanol–water partition coefficient (Wildman–Crippen LogP) is 4.03. The van der Waals surface area contributed by atoms with E-state index in [9.17, 15) is 5.26 Å². The largest absolute Gasteiger partial charge is 0.494 e. The molecule has 110 valence electrons. The maximum Gasteiger partial charge on any atom is 0.137 e. The van der Waals surface area contributed by atoms with Gasteiger partial charge in [-0.3, -0.25) is 0 Å². The highest BCUT2D eigenvalue weighted by Crippen LogP contribution is 2.30. The lowest BCUT2D eigenvalue weighted by molar-refractivity contribution is 0.340. The Labute approximate surface area is 129 Å². The Bertz CT molecular complexity index is 828. The smallest absolute Gasteiger partial charge is 0.137 e. The van der Waals surface area contributed by atoms with Crippen molar-refractivity contribution >= 4 is 5.65 Å². The molecule has 3 rings (SSSR count). The van der Waals surface area contributed by atoms with E-state index in [0.717, 1.165) is 28.3 Å². The van der Waals surface area contributed by atoms with Crippen molar-refractivity contribution in [2.24, 2.45) is 0 Å². The molecule has 0 aliphatic heterocycles. The van der Waals surface area contributed by atoms with Crippen molar-refractivity contribution in [3.05, 3.63) is 54.4 Å². The number of benzene rings is 1. The van der Waals surface area contributed by atoms with Gasteiger partial charge in [-0.2, -0.15) is 5.26 Å². The van der Waals surface area contributed by atoms with Crippen molar-refractivity contribution in [1.29, 1.82) is 5.26 Å². The number of pyridine rings is 1. The topological polar surface area (TPSA) is 50.3 Å². The number of aromatic nitrogens is 2. The Kier molecular flexibility index (Phi) is 3.80. The number of fused-ring (bicyclic) bond motifs is 1. The fraction of sp³-hybridized carbons (Fsp3) is 0.222. The highest BCUT2D eigenvalue weighted by atomic mass is 16.5. The molecule has 4 nitrogen and oxygen atoms in total. The minimum Gasteiger partial charge on any atom is -0.494 e. The highest BCUT2D eigenvalue weighted by Gasteiger charge is 2.18. The first-order valence-corrected chi connectivity index (χ1v) is 7.34. The van der Waals surface area contributed by atoms with E-state index < -0.39 is 0 Å². The molecule has 0 saturated heterocycles. The fourth-order valence-corrected chi connectivity index (χ4v) is 2.58. The molecule has 22 heavy (non-hydrogen) atoms. The zero-order valence-electron chi connectivity index (χ0n) is 12.7. The van der Waals surface area contributed by atoms with Gasteiger partial charge in [-0.05, 0) is 50.2 Å². The summed E-state index contributed by atoms with van der Waals surface area (Å²) in [5.41, 5.74) is 3.61. The van der Waals surface area contributed by atoms with Gasteiger partial charge < -0.3 is 9.14 Å². The van der Waals surface area contributed by atoms with Gasteiger partial charge in [-0.15, -0.1) is 0 Å². The lowest BCUT2D eigenvalue weighted by Gasteiger charge is -2.08. The van der Waals surface area contributed by atoms with Gasteiger partial charge in [0.2, 0.25) is 0 Å². The molecular formula is C18H17N3O. The Morgan fingerprint density at radius 3 is 2.68 bits per heavy atom. The van der Waals surface area contributed by atoms with Crippen molar-refractivity contribution in [3.8, 4) is 23.1 Å². The third-order valence-corrected chi connectivity index (χ3v) is 3.61. The zero-order valence-corrected chi connectivity index (χ0v) is 12.7. The van der Waals surface area contributed by atoms with Gasteiger partial charge in [0.05, 0.1) is 30.0 Å². The second-order valence-electron chi connectivity index (χ2n) is 5.08. The Hall–Kier alpha value is -2.80. The molecule has 0 N–H and O–H groups in total. The van der Waals surface area contributed by atoms with Crippen LogP contribution in [0.1, 0.15) is 25.5 Å². The third-order valence-electron chi connectivity index (χ3n) is 3.61. The normalized spacial score (nSPS) is 12.0. The third kappa shape index (κ3) is 2.42. The summed E-state index contributed by atoms with van der Waals surface area (Å²) in [6, 6.07) is 16.0. The monoisotopic (exact) mass is 291 g/mol. The second kappa shape index (κ2) is 5.90. The Morgan fingerprint density at radius 1 is 1.23 bits per heavy atom. The second-order valence-corrected chi connectivity index (χ2v) is 5.08. The quantitative estimate of drug-likeness (QED) is 0.729. The highest BCUT2D eigenvalue weighted by molar-refractivity contribution is 5.68. The molecule has 0 aliphatic rings. The van der Waals surface area contributed by atoms with Crippen LogP contribution >= 0.6 is 0 Å². The number of nitrogens with zero attached hydrogens (tertiary/aromatic N) is 3. The molecule has 2 aromatic heterocycles. The van der Waals surface area contributed by atoms with Crippen LogP contribution in [0.25, 0.3) is 16.9 Å². The van der Waals surface area contributed by atoms with Gasteiger partial charge in [0.1, 0.15) is 11.4 Å². The Balaban J connectivity index is 2.15. The molecule has 1 aromatic carbocycles. The summed E-state index contributed by atoms with van der Waals surface area (Å²) < 4.78 is 7.46. The van der Waals surface area contributed by atoms with Crippen LogP contribution in [0, 0.1) is 11.3 Å². The fourth-order valence-electron chi connectivity index (χ4n) is 2.58. The van der Waals surface area contributed by atoms with Crippen LogP contribution in [-0.4, -0.2) is 16.0 Å². The van der Waals surface area contributed by atoms with Crippen LogP contribution < -0.4 is 4.74 Å². The number of nitriles is 1. The first-order chi connectivity index (χ1) is 10.7. The first-order valence-electron chi connectivity index (χ1n) is 7.34. The summed E-state index contributed by atoms with van der Waals surface area (Å²) >= 11 is 0. The minimum atomic E-state index is -0.237. The maximum absolute atomic E-state index is 9.34. The van der Waals surface area contributed by atoms with E-state index in [2.05, 4.69) is 6.07 Å². The summed E-state index contributed by atoms with van der Waals surface area (Å²) in [5, 5.41) is 9.34. The van der Waals surface area contributed by atoms with Gasteiger partial charge in [-0.25, -0.2) is 4.98 Å². The van der Waals surface area contributed by atoms with Crippen LogP contribution in [0.5, 0.6) is 5.75 Å². The van der Waals surface area contributed by atoms with E-state index in [4.69, 9.17) is 9.72 Å². The zero-order chi connectivity index (χ0) is 15.5. The van der Waals surface area contributed by atoms with E-state index >= 15 is 0 Å². The molecular weight excluding hydrogens is 274 g/mol. The molecule has 0 aliphatic carbocycles. The maximum atomic E-state index is 9.34. The number of rotatable bonds is 4. The number of ether oxygens (including phenoxy) is 1. The van der Waals surface area contributed by atoms with Gasteiger partial charge >= 0.3 is 0 Å². The summed E-state index contributed by atoms with van der Waals surface area (Å²) in [5.74, 6) is 0.601. The van der Waals surface area contributed by atoms with E-state index in [1.54, 1.807) is 0 Å². The van der Waals surface area contributed by atoms with Crippen molar-refractivity contribution in [2.45, 2.75) is 19.8 Å². The lowest BCUT2D eigenvalue weighted by Crippen LogP contribution is -1.98. The van der Waals surface area contributed by atoms with Crippen LogP contribution in [0.15, 0.2) is 48.7 Å². The molecule has 2 heterocycles. The molecule has 0 bridgehead atoms. The van der Waals surface area contributed by atoms with Crippen molar-refractivity contribution in [2.75, 3.05) is 6.61 Å². The predicted molar refractivity (Wildman–Crippen MR) is 85.8 cm³/mol. The minimum absolute atomic E-state index is 0.237. The Morgan fingerprint density at radius 2 is 2.00 bits per heavy atom. The number of imidazole rings is 1. The standard InChI is InChI=1S/C18H17N3O/c1-3-22-15-9-7-14(8-10-15)17-18(13(2)12-19)21-11-5-4-6-16(21)20-17/h4-11,13H,3H2,1-2H3. The van der Waals surface area contributed by atoms with E-state index in [1.807, 2.05) is 66.9 Å². The van der Waals surface area contributed by atoms with Crippen molar-refractivity contribution < 1.29 is 4.74 Å². The van der Waals surface area contributed by atoms with E-state index in [0.29, 0.717) is 6.61 Å². The molecule has 0 radical (unpaired) electrons. The average Bonchev–Trinajstić information content (AvgIpc) is 2.94. The summed E-state index contributed by atoms with van der Waals surface area (Å²) in [4.78, 5) is 4.70. The summed E-state index contributed by atoms with van der Waals surface area (Å²) in [6.07, 6.45) is 1.95. The number of hydrogen-bond acceptors (Lipinski definition) is 3. The van der Waals surface area contributed by atoms with Gasteiger partial charge in [-0.1, -0.05) is 6.07 Å². The average molecular weight is 291 g/mol. The molecule has 0 amide bonds. The molecule has 1 atom stereocenters. The summed E-state index contributed by atoms with van der Waals surface area (Å²) in [6.45, 7) is 4.50. The molecule has 0 saturated carbocycles. The molecule has 0 fully saturated rings. The van der Waals surface area contributed by atoms with E-state index in [-0.39, 0.29) is 5.92 Å². The van der Waals surface area contributed by atoms with Crippen molar-refractivity contribution in [3.63, 3.8) is 0 Å². The molecule has 1 unspecified atom stereocenters. The molecule has 3 aromatic rings. The lowest BCUT2D eigenvalue weighted by atomic mass is 10.0. The first kappa shape index (κ1) is 14.2. The van der Waals surface area contributed by atoms with E-state index in [1.165, 1.54) is 0 Å². The summed E-state index contributed by atoms with van der Waals surface area (Å²) in [7, 11) is 0. The SMILES string of the molecule is CCOc1ccc(-c2nc3ccccn3c2C(C)C#N)cc1. The van der Waals surface area contributed by atoms with Gasteiger partial charge in [0, 0.05) is 11.8 Å². The van der Waals surface area contributed by atoms with Gasteiger partial charge in [0.15, 0.2) is 0 Å². The van der Waals surface area contributed by atoms with Crippen LogP contribution in [0.3, 0.4) is 0 Å². The van der Waals surface area contributed by atoms with Crippen LogP contribution in [0.2, 0.25) is 0 Å². The number of hydrogen-bond donors (Lipinski definition) is 0. The van der Waals surface area contributed by atoms with Crippen molar-refractivity contribution in [1.82, 2.24) is 9.38 Å². The van der Waals surface area contributed by atoms with Gasteiger partial charge in [0.25, 0.3) is 0 Å². The van der Waals surface area contributed by atoms with Crippen LogP contribution in [-0.2, 0) is 0 Å². The molecule has 4 heteroatoms. The molecule has 0 spiro atoms. The van der Waals surface area contributed by atoms with Crippen LogP contribution in [0.4, 0.5) is 0 Å².